The topological polar surface area (TPSA) is 140 Å². The molecule has 0 saturated carbocycles. The Balaban J connectivity index is 1.61. The standard InChI is InChI=1S/C27H30ClN5O6/c1-27(2,3)39-26(35)29-21(16-17-5-4-6-19(15-17)25(34)32-11-13-38-14-12-32)24-30-22(23(28)31-24)18-7-9-20(10-8-18)33(36)37/h4-10,15,21H,11-14,16H2,1-3H3,(H,29,35)(H,30,31)/t21-/m0/s1. The maximum atomic E-state index is 13.0. The third-order valence-corrected chi connectivity index (χ3v) is 6.24. The molecule has 0 bridgehead atoms. The van der Waals surface area contributed by atoms with E-state index in [0.29, 0.717) is 48.9 Å². The number of nitrogens with zero attached hydrogens (tertiary/aromatic N) is 3. The molecule has 1 fully saturated rings. The molecule has 1 saturated heterocycles. The van der Waals surface area contributed by atoms with E-state index in [9.17, 15) is 19.7 Å². The lowest BCUT2D eigenvalue weighted by atomic mass is 10.0. The number of imidazole rings is 1. The lowest BCUT2D eigenvalue weighted by molar-refractivity contribution is -0.384. The van der Waals surface area contributed by atoms with Gasteiger partial charge in [-0.3, -0.25) is 14.9 Å². The number of nitro groups is 1. The molecule has 1 aliphatic heterocycles. The van der Waals surface area contributed by atoms with E-state index in [2.05, 4.69) is 15.3 Å². The van der Waals surface area contributed by atoms with Gasteiger partial charge in [-0.15, -0.1) is 0 Å². The third kappa shape index (κ3) is 7.33. The Bertz CT molecular complexity index is 1350. The van der Waals surface area contributed by atoms with Crippen molar-refractivity contribution in [2.24, 2.45) is 0 Å². The van der Waals surface area contributed by atoms with Crippen molar-refractivity contribution in [2.45, 2.75) is 38.8 Å². The Morgan fingerprint density at radius 3 is 2.54 bits per heavy atom. The smallest absolute Gasteiger partial charge is 0.408 e. The van der Waals surface area contributed by atoms with Gasteiger partial charge in [0.25, 0.3) is 11.6 Å². The Morgan fingerprint density at radius 1 is 1.21 bits per heavy atom. The lowest BCUT2D eigenvalue weighted by Crippen LogP contribution is -2.40. The van der Waals surface area contributed by atoms with Gasteiger partial charge in [0.2, 0.25) is 0 Å². The van der Waals surface area contributed by atoms with Crippen LogP contribution in [0.1, 0.15) is 48.6 Å². The van der Waals surface area contributed by atoms with Gasteiger partial charge in [0.1, 0.15) is 22.3 Å². The molecule has 1 atom stereocenters. The molecule has 0 spiro atoms. The zero-order valence-corrected chi connectivity index (χ0v) is 22.7. The lowest BCUT2D eigenvalue weighted by Gasteiger charge is -2.27. The van der Waals surface area contributed by atoms with E-state index >= 15 is 0 Å². The number of benzene rings is 2. The van der Waals surface area contributed by atoms with Gasteiger partial charge in [0.15, 0.2) is 0 Å². The molecule has 2 aromatic carbocycles. The van der Waals surface area contributed by atoms with E-state index < -0.39 is 22.7 Å². The minimum Gasteiger partial charge on any atom is -0.444 e. The van der Waals surface area contributed by atoms with Crippen LogP contribution in [0, 0.1) is 10.1 Å². The summed E-state index contributed by atoms with van der Waals surface area (Å²) in [6.45, 7) is 7.36. The summed E-state index contributed by atoms with van der Waals surface area (Å²) < 4.78 is 10.8. The van der Waals surface area contributed by atoms with Crippen molar-refractivity contribution >= 4 is 29.3 Å². The first kappa shape index (κ1) is 28.1. The Hall–Kier alpha value is -3.96. The molecule has 0 radical (unpaired) electrons. The molecule has 1 aliphatic rings. The highest BCUT2D eigenvalue weighted by Crippen LogP contribution is 2.30. The van der Waals surface area contributed by atoms with E-state index in [1.54, 1.807) is 56.0 Å². The average Bonchev–Trinajstić information content (AvgIpc) is 3.29. The second-order valence-corrected chi connectivity index (χ2v) is 10.5. The second kappa shape index (κ2) is 11.8. The summed E-state index contributed by atoms with van der Waals surface area (Å²) in [4.78, 5) is 45.7. The number of aromatic amines is 1. The molecule has 2 amide bonds. The maximum absolute atomic E-state index is 13.0. The van der Waals surface area contributed by atoms with Gasteiger partial charge in [-0.05, 0) is 50.6 Å². The van der Waals surface area contributed by atoms with Crippen LogP contribution in [0.25, 0.3) is 11.3 Å². The number of carbonyl (C=O) groups excluding carboxylic acids is 2. The maximum Gasteiger partial charge on any atom is 0.408 e. The van der Waals surface area contributed by atoms with E-state index in [0.717, 1.165) is 5.56 Å². The number of morpholine rings is 1. The molecule has 0 unspecified atom stereocenters. The number of nitro benzene ring substituents is 1. The highest BCUT2D eigenvalue weighted by molar-refractivity contribution is 6.31. The minimum atomic E-state index is -0.718. The van der Waals surface area contributed by atoms with Crippen molar-refractivity contribution in [3.8, 4) is 11.3 Å². The normalized spacial score (nSPS) is 14.5. The number of nitrogens with one attached hydrogen (secondary N) is 2. The first-order valence-electron chi connectivity index (χ1n) is 12.5. The molecule has 2 heterocycles. The van der Waals surface area contributed by atoms with Crippen LogP contribution in [-0.4, -0.2) is 63.7 Å². The van der Waals surface area contributed by atoms with Crippen LogP contribution in [0.15, 0.2) is 48.5 Å². The van der Waals surface area contributed by atoms with Gasteiger partial charge in [0, 0.05) is 42.8 Å². The zero-order chi connectivity index (χ0) is 28.2. The highest BCUT2D eigenvalue weighted by atomic mass is 35.5. The van der Waals surface area contributed by atoms with Gasteiger partial charge in [-0.2, -0.15) is 0 Å². The summed E-state index contributed by atoms with van der Waals surface area (Å²) >= 11 is 6.47. The molecule has 206 valence electrons. The molecular formula is C27H30ClN5O6. The van der Waals surface area contributed by atoms with Crippen LogP contribution in [0.5, 0.6) is 0 Å². The number of carbonyl (C=O) groups is 2. The summed E-state index contributed by atoms with van der Waals surface area (Å²) in [6, 6.07) is 12.4. The van der Waals surface area contributed by atoms with Gasteiger partial charge < -0.3 is 24.7 Å². The molecule has 2 N–H and O–H groups in total. The number of rotatable bonds is 7. The molecule has 1 aromatic heterocycles. The predicted molar refractivity (Wildman–Crippen MR) is 145 cm³/mol. The van der Waals surface area contributed by atoms with Crippen molar-refractivity contribution < 1.29 is 24.0 Å². The van der Waals surface area contributed by atoms with Crippen LogP contribution >= 0.6 is 11.6 Å². The predicted octanol–water partition coefficient (Wildman–Crippen LogP) is 4.92. The number of hydrogen-bond acceptors (Lipinski definition) is 7. The molecule has 4 rings (SSSR count). The molecule has 12 heteroatoms. The fraction of sp³-hybridized carbons (Fsp3) is 0.370. The second-order valence-electron chi connectivity index (χ2n) is 10.1. The number of alkyl carbamates (subject to hydrolysis) is 1. The average molecular weight is 556 g/mol. The van der Waals surface area contributed by atoms with Crippen molar-refractivity contribution in [1.82, 2.24) is 20.2 Å². The molecule has 3 aromatic rings. The number of ether oxygens (including phenoxy) is 2. The van der Waals surface area contributed by atoms with E-state index in [-0.39, 0.29) is 23.2 Å². The fourth-order valence-electron chi connectivity index (χ4n) is 4.15. The van der Waals surface area contributed by atoms with Crippen LogP contribution < -0.4 is 5.32 Å². The van der Waals surface area contributed by atoms with Crippen LogP contribution in [0.4, 0.5) is 10.5 Å². The minimum absolute atomic E-state index is 0.0541. The van der Waals surface area contributed by atoms with E-state index in [1.165, 1.54) is 12.1 Å². The van der Waals surface area contributed by atoms with Crippen LogP contribution in [-0.2, 0) is 15.9 Å². The Morgan fingerprint density at radius 2 is 1.90 bits per heavy atom. The Labute approximate surface area is 230 Å². The van der Waals surface area contributed by atoms with Gasteiger partial charge >= 0.3 is 6.09 Å². The Kier molecular flexibility index (Phi) is 8.51. The quantitative estimate of drug-likeness (QED) is 0.311. The van der Waals surface area contributed by atoms with Crippen molar-refractivity contribution in [3.63, 3.8) is 0 Å². The largest absolute Gasteiger partial charge is 0.444 e. The number of H-pyrrole nitrogens is 1. The number of non-ortho nitro benzene ring substituents is 1. The van der Waals surface area contributed by atoms with E-state index in [1.807, 2.05) is 6.07 Å². The van der Waals surface area contributed by atoms with Gasteiger partial charge in [0.05, 0.1) is 24.2 Å². The first-order valence-corrected chi connectivity index (χ1v) is 12.8. The van der Waals surface area contributed by atoms with Crippen molar-refractivity contribution in [3.05, 3.63) is 80.7 Å². The van der Waals surface area contributed by atoms with Crippen LogP contribution in [0.2, 0.25) is 5.15 Å². The summed E-state index contributed by atoms with van der Waals surface area (Å²) in [5.41, 5.74) is 1.51. The number of halogens is 1. The summed E-state index contributed by atoms with van der Waals surface area (Å²) in [5.74, 6) is 0.280. The number of amides is 2. The molecule has 11 nitrogen and oxygen atoms in total. The van der Waals surface area contributed by atoms with E-state index in [4.69, 9.17) is 21.1 Å². The fourth-order valence-corrected chi connectivity index (χ4v) is 4.40. The molecule has 0 aliphatic carbocycles. The molecular weight excluding hydrogens is 526 g/mol. The third-order valence-electron chi connectivity index (χ3n) is 5.96. The highest BCUT2D eigenvalue weighted by Gasteiger charge is 2.26. The summed E-state index contributed by atoms with van der Waals surface area (Å²) in [7, 11) is 0. The zero-order valence-electron chi connectivity index (χ0n) is 21.9. The van der Waals surface area contributed by atoms with Crippen LogP contribution in [0.3, 0.4) is 0 Å². The first-order chi connectivity index (χ1) is 18.5. The SMILES string of the molecule is CC(C)(C)OC(=O)N[C@@H](Cc1cccc(C(=O)N2CCOCC2)c1)c1nc(-c2ccc([N+](=O)[O-])cc2)c(Cl)[nH]1. The number of hydrogen-bond donors (Lipinski definition) is 2. The monoisotopic (exact) mass is 555 g/mol. The molecule has 39 heavy (non-hydrogen) atoms. The summed E-state index contributed by atoms with van der Waals surface area (Å²) in [5, 5.41) is 14.1. The van der Waals surface area contributed by atoms with Gasteiger partial charge in [-0.25, -0.2) is 9.78 Å². The number of aromatic nitrogens is 2. The van der Waals surface area contributed by atoms with Gasteiger partial charge in [-0.1, -0.05) is 23.7 Å². The van der Waals surface area contributed by atoms with Crippen molar-refractivity contribution in [2.75, 3.05) is 26.3 Å². The van der Waals surface area contributed by atoms with Crippen molar-refractivity contribution in [1.29, 1.82) is 0 Å². The summed E-state index contributed by atoms with van der Waals surface area (Å²) in [6.07, 6.45) is -0.357.